The van der Waals surface area contributed by atoms with Crippen molar-refractivity contribution in [3.63, 3.8) is 0 Å². The third-order valence-corrected chi connectivity index (χ3v) is 5.78. The van der Waals surface area contributed by atoms with E-state index in [1.807, 2.05) is 24.3 Å². The lowest BCUT2D eigenvalue weighted by atomic mass is 10.0. The third-order valence-electron chi connectivity index (χ3n) is 5.78. The second-order valence-electron chi connectivity index (χ2n) is 7.87. The molecule has 5 rings (SSSR count). The van der Waals surface area contributed by atoms with Gasteiger partial charge in [0.05, 0.1) is 11.0 Å². The summed E-state index contributed by atoms with van der Waals surface area (Å²) < 4.78 is 16.2. The summed E-state index contributed by atoms with van der Waals surface area (Å²) >= 11 is 0. The number of hydrogen-bond donors (Lipinski definition) is 3. The molecule has 0 saturated carbocycles. The Morgan fingerprint density at radius 2 is 1.94 bits per heavy atom. The molecule has 0 spiro atoms. The fourth-order valence-electron chi connectivity index (χ4n) is 4.33. The first-order chi connectivity index (χ1) is 15.8. The lowest BCUT2D eigenvalue weighted by Gasteiger charge is -2.12. The molecule has 2 aromatic carbocycles. The number of para-hydroxylation sites is 1. The molecule has 0 aliphatic carbocycles. The zero-order valence-corrected chi connectivity index (χ0v) is 17.6. The number of rotatable bonds is 4. The summed E-state index contributed by atoms with van der Waals surface area (Å²) in [5, 5.41) is 11.5. The lowest BCUT2D eigenvalue weighted by Crippen LogP contribution is -2.14. The molecule has 0 atom stereocenters. The van der Waals surface area contributed by atoms with Crippen LogP contribution in [0, 0.1) is 12.7 Å². The van der Waals surface area contributed by atoms with Crippen molar-refractivity contribution in [1.29, 1.82) is 0 Å². The van der Waals surface area contributed by atoms with Crippen LogP contribution in [0.5, 0.6) is 0 Å². The minimum absolute atomic E-state index is 0.0958. The van der Waals surface area contributed by atoms with Crippen LogP contribution in [0.2, 0.25) is 0 Å². The molecule has 0 saturated heterocycles. The number of nitrogens with two attached hydrogens (primary N) is 1. The third kappa shape index (κ3) is 3.32. The minimum Gasteiger partial charge on any atom is -0.477 e. The molecule has 8 heteroatoms. The van der Waals surface area contributed by atoms with Gasteiger partial charge < -0.3 is 20.4 Å². The zero-order valence-electron chi connectivity index (χ0n) is 17.6. The van der Waals surface area contributed by atoms with Crippen LogP contribution in [0.3, 0.4) is 0 Å². The molecular formula is C25H19FN4O3. The highest BCUT2D eigenvalue weighted by Gasteiger charge is 2.26. The average molecular weight is 442 g/mol. The second-order valence-corrected chi connectivity index (χ2v) is 7.87. The first-order valence-electron chi connectivity index (χ1n) is 10.2. The predicted molar refractivity (Wildman–Crippen MR) is 125 cm³/mol. The number of aromatic nitrogens is 3. The minimum atomic E-state index is -1.23. The zero-order chi connectivity index (χ0) is 23.3. The number of carboxylic acid groups (broad SMARTS) is 1. The fraction of sp³-hybridized carbons (Fsp3) is 0.0800. The van der Waals surface area contributed by atoms with Gasteiger partial charge in [0, 0.05) is 34.6 Å². The highest BCUT2D eigenvalue weighted by atomic mass is 19.1. The van der Waals surface area contributed by atoms with Crippen molar-refractivity contribution in [2.45, 2.75) is 13.5 Å². The van der Waals surface area contributed by atoms with E-state index in [0.717, 1.165) is 10.9 Å². The maximum absolute atomic E-state index is 14.6. The maximum atomic E-state index is 14.6. The Kier molecular flexibility index (Phi) is 4.70. The predicted octanol–water partition coefficient (Wildman–Crippen LogP) is 4.32. The van der Waals surface area contributed by atoms with Gasteiger partial charge in [-0.2, -0.15) is 0 Å². The monoisotopic (exact) mass is 442 g/mol. The van der Waals surface area contributed by atoms with Gasteiger partial charge in [-0.3, -0.25) is 4.79 Å². The van der Waals surface area contributed by atoms with E-state index < -0.39 is 17.3 Å². The van der Waals surface area contributed by atoms with E-state index in [1.54, 1.807) is 31.2 Å². The second kappa shape index (κ2) is 7.59. The number of nitrogen functional groups attached to an aromatic ring is 1. The Hall–Kier alpha value is -4.46. The van der Waals surface area contributed by atoms with Crippen LogP contribution in [0.4, 0.5) is 10.2 Å². The summed E-state index contributed by atoms with van der Waals surface area (Å²) in [5.74, 6) is -1.40. The van der Waals surface area contributed by atoms with Crippen molar-refractivity contribution in [1.82, 2.24) is 14.5 Å². The number of aromatic amines is 1. The van der Waals surface area contributed by atoms with Crippen molar-refractivity contribution < 1.29 is 14.3 Å². The summed E-state index contributed by atoms with van der Waals surface area (Å²) in [7, 11) is 0. The molecule has 0 unspecified atom stereocenters. The molecule has 4 N–H and O–H groups in total. The van der Waals surface area contributed by atoms with Crippen LogP contribution in [-0.2, 0) is 6.54 Å². The maximum Gasteiger partial charge on any atom is 0.353 e. The van der Waals surface area contributed by atoms with Crippen LogP contribution in [0.25, 0.3) is 32.9 Å². The topological polar surface area (TPSA) is 114 Å². The number of carboxylic acids is 1. The van der Waals surface area contributed by atoms with Crippen molar-refractivity contribution in [2.75, 3.05) is 5.73 Å². The Balaban J connectivity index is 1.88. The number of benzene rings is 2. The number of fused-ring (bicyclic) bond motifs is 2. The van der Waals surface area contributed by atoms with Crippen LogP contribution >= 0.6 is 0 Å². The van der Waals surface area contributed by atoms with Crippen molar-refractivity contribution in [3.05, 3.63) is 93.8 Å². The number of pyridine rings is 2. The standard InChI is InChI=1S/C25H19FN4O3/c1-13-9-17-20(11-18(13)26)30(12-14-10-21(27)29-19-7-3-2-5-15(14)19)23(25(32)33)22(17)16-6-4-8-28-24(16)31/h2-11H,12H2,1H3,(H2,27,29)(H,28,31)(H,32,33). The number of carbonyl (C=O) groups is 1. The van der Waals surface area contributed by atoms with Crippen molar-refractivity contribution in [2.24, 2.45) is 0 Å². The van der Waals surface area contributed by atoms with E-state index in [2.05, 4.69) is 9.97 Å². The number of nitrogens with zero attached hydrogens (tertiary/aromatic N) is 2. The van der Waals surface area contributed by atoms with Crippen LogP contribution in [0.15, 0.2) is 65.6 Å². The molecule has 5 aromatic rings. The molecule has 0 fully saturated rings. The molecule has 0 amide bonds. The highest BCUT2D eigenvalue weighted by Crippen LogP contribution is 2.36. The summed E-state index contributed by atoms with van der Waals surface area (Å²) in [6.07, 6.45) is 1.47. The number of aromatic carboxylic acids is 1. The largest absolute Gasteiger partial charge is 0.477 e. The normalized spacial score (nSPS) is 11.3. The summed E-state index contributed by atoms with van der Waals surface area (Å²) in [5.41, 5.74) is 8.03. The van der Waals surface area contributed by atoms with Gasteiger partial charge in [0.1, 0.15) is 17.3 Å². The van der Waals surface area contributed by atoms with E-state index in [-0.39, 0.29) is 23.4 Å². The quantitative estimate of drug-likeness (QED) is 0.384. The molecular weight excluding hydrogens is 423 g/mol. The van der Waals surface area contributed by atoms with Crippen LogP contribution < -0.4 is 11.3 Å². The number of H-pyrrole nitrogens is 1. The molecule has 0 radical (unpaired) electrons. The number of halogens is 1. The smallest absolute Gasteiger partial charge is 0.353 e. The van der Waals surface area contributed by atoms with E-state index in [9.17, 15) is 19.1 Å². The summed E-state index contributed by atoms with van der Waals surface area (Å²) in [6.45, 7) is 1.70. The van der Waals surface area contributed by atoms with E-state index in [4.69, 9.17) is 5.73 Å². The first kappa shape index (κ1) is 20.4. The van der Waals surface area contributed by atoms with Gasteiger partial charge >= 0.3 is 5.97 Å². The van der Waals surface area contributed by atoms with E-state index in [0.29, 0.717) is 27.8 Å². The van der Waals surface area contributed by atoms with Gasteiger partial charge in [-0.1, -0.05) is 18.2 Å². The Bertz CT molecular complexity index is 1630. The van der Waals surface area contributed by atoms with Crippen LogP contribution in [0.1, 0.15) is 21.6 Å². The van der Waals surface area contributed by atoms with Gasteiger partial charge in [0.2, 0.25) is 0 Å². The van der Waals surface area contributed by atoms with E-state index in [1.165, 1.54) is 16.8 Å². The van der Waals surface area contributed by atoms with Gasteiger partial charge in [-0.15, -0.1) is 0 Å². The number of aryl methyl sites for hydroxylation is 1. The SMILES string of the molecule is Cc1cc2c(-c3ccc[nH]c3=O)c(C(=O)O)n(Cc3cc(N)nc4ccccc34)c2cc1F. The lowest BCUT2D eigenvalue weighted by molar-refractivity contribution is 0.0687. The molecule has 0 bridgehead atoms. The Morgan fingerprint density at radius 1 is 1.15 bits per heavy atom. The molecule has 33 heavy (non-hydrogen) atoms. The van der Waals surface area contributed by atoms with Gasteiger partial charge in [-0.25, -0.2) is 14.2 Å². The average Bonchev–Trinajstić information content (AvgIpc) is 3.07. The molecule has 164 valence electrons. The van der Waals surface area contributed by atoms with Gasteiger partial charge in [-0.05, 0) is 54.4 Å². The van der Waals surface area contributed by atoms with Gasteiger partial charge in [0.25, 0.3) is 5.56 Å². The molecule has 3 aromatic heterocycles. The van der Waals surface area contributed by atoms with Crippen LogP contribution in [-0.4, -0.2) is 25.6 Å². The first-order valence-corrected chi connectivity index (χ1v) is 10.2. The summed E-state index contributed by atoms with van der Waals surface area (Å²) in [6, 6.07) is 15.1. The molecule has 3 heterocycles. The Labute approximate surface area is 186 Å². The summed E-state index contributed by atoms with van der Waals surface area (Å²) in [4.78, 5) is 32.1. The number of hydrogen-bond acceptors (Lipinski definition) is 4. The fourth-order valence-corrected chi connectivity index (χ4v) is 4.33. The van der Waals surface area contributed by atoms with E-state index >= 15 is 0 Å². The highest BCUT2D eigenvalue weighted by molar-refractivity contribution is 6.08. The Morgan fingerprint density at radius 3 is 2.70 bits per heavy atom. The molecule has 7 nitrogen and oxygen atoms in total. The van der Waals surface area contributed by atoms with Crippen molar-refractivity contribution in [3.8, 4) is 11.1 Å². The molecule has 0 aliphatic rings. The van der Waals surface area contributed by atoms with Gasteiger partial charge in [0.15, 0.2) is 0 Å². The number of nitrogens with one attached hydrogen (secondary N) is 1. The van der Waals surface area contributed by atoms with Crippen molar-refractivity contribution >= 4 is 33.6 Å². The molecule has 0 aliphatic heterocycles. The number of anilines is 1.